The van der Waals surface area contributed by atoms with Crippen LogP contribution in [0.4, 0.5) is 0 Å². The van der Waals surface area contributed by atoms with E-state index in [-0.39, 0.29) is 11.5 Å². The highest BCUT2D eigenvalue weighted by atomic mass is 35.5. The summed E-state index contributed by atoms with van der Waals surface area (Å²) in [6.07, 6.45) is 6.51. The van der Waals surface area contributed by atoms with Crippen molar-refractivity contribution in [2.24, 2.45) is 5.92 Å². The number of nitrogens with zero attached hydrogens (tertiary/aromatic N) is 2. The van der Waals surface area contributed by atoms with Gasteiger partial charge in [0.25, 0.3) is 11.5 Å². The normalized spacial score (nSPS) is 14.9. The van der Waals surface area contributed by atoms with Crippen LogP contribution in [0.2, 0.25) is 5.02 Å². The van der Waals surface area contributed by atoms with Gasteiger partial charge in [-0.15, -0.1) is 0 Å². The molecule has 3 heterocycles. The van der Waals surface area contributed by atoms with Gasteiger partial charge in [-0.25, -0.2) is 0 Å². The zero-order chi connectivity index (χ0) is 23.7. The van der Waals surface area contributed by atoms with Crippen LogP contribution in [-0.2, 0) is 11.3 Å². The molecule has 1 aliphatic heterocycles. The maximum Gasteiger partial charge on any atom is 0.306 e. The molecule has 172 valence electrons. The summed E-state index contributed by atoms with van der Waals surface area (Å²) in [4.78, 5) is 41.9. The number of aryl methyl sites for hydroxylation is 1. The molecule has 8 heteroatoms. The maximum atomic E-state index is 13.0. The molecular formula is C25H26ClN3O4. The highest BCUT2D eigenvalue weighted by molar-refractivity contribution is 6.34. The van der Waals surface area contributed by atoms with E-state index >= 15 is 0 Å². The van der Waals surface area contributed by atoms with E-state index in [0.29, 0.717) is 48.6 Å². The Morgan fingerprint density at radius 2 is 1.97 bits per heavy atom. The first kappa shape index (κ1) is 22.9. The van der Waals surface area contributed by atoms with Gasteiger partial charge in [0.05, 0.1) is 16.5 Å². The number of nitrogens with one attached hydrogen (secondary N) is 1. The number of hydrogen-bond donors (Lipinski definition) is 2. The molecule has 0 aliphatic carbocycles. The number of carbonyl (C=O) groups is 2. The van der Waals surface area contributed by atoms with Crippen molar-refractivity contribution in [3.05, 3.63) is 69.2 Å². The summed E-state index contributed by atoms with van der Waals surface area (Å²) in [6, 6.07) is 7.23. The zero-order valence-corrected chi connectivity index (χ0v) is 19.4. The first-order chi connectivity index (χ1) is 15.8. The summed E-state index contributed by atoms with van der Waals surface area (Å²) in [5, 5.41) is 10.3. The lowest BCUT2D eigenvalue weighted by atomic mass is 9.96. The quantitative estimate of drug-likeness (QED) is 0.541. The number of rotatable bonds is 5. The van der Waals surface area contributed by atoms with Crippen molar-refractivity contribution in [1.82, 2.24) is 14.5 Å². The molecule has 1 aliphatic rings. The average molecular weight is 468 g/mol. The van der Waals surface area contributed by atoms with Gasteiger partial charge in [-0.05, 0) is 50.5 Å². The number of amides is 1. The molecule has 1 fully saturated rings. The Labute approximate surface area is 196 Å². The number of aliphatic carboxylic acids is 1. The molecule has 0 saturated carbocycles. The van der Waals surface area contributed by atoms with Crippen LogP contribution >= 0.6 is 11.6 Å². The lowest BCUT2D eigenvalue weighted by Gasteiger charge is -2.30. The van der Waals surface area contributed by atoms with Crippen molar-refractivity contribution in [2.75, 3.05) is 13.1 Å². The van der Waals surface area contributed by atoms with E-state index in [4.69, 9.17) is 11.6 Å². The second-order valence-electron chi connectivity index (χ2n) is 8.41. The zero-order valence-electron chi connectivity index (χ0n) is 18.6. The van der Waals surface area contributed by atoms with Gasteiger partial charge in [0.1, 0.15) is 5.52 Å². The molecule has 0 radical (unpaired) electrons. The van der Waals surface area contributed by atoms with E-state index in [9.17, 15) is 19.5 Å². The fourth-order valence-corrected chi connectivity index (χ4v) is 4.60. The van der Waals surface area contributed by atoms with E-state index in [1.807, 2.05) is 44.3 Å². The van der Waals surface area contributed by atoms with E-state index in [0.717, 1.165) is 22.2 Å². The van der Waals surface area contributed by atoms with Gasteiger partial charge in [-0.1, -0.05) is 29.8 Å². The standard InChI is InChI=1S/C25H26ClN3O4/c1-3-4-9-29-14-20(19-12-15(2)27-22(19)24(29)31)17-5-6-18(21(26)13-17)23(30)28-10-7-16(8-11-28)25(32)33/h3-6,12-14,16,27H,7-11H2,1-2H3,(H,32,33)/b4-3+. The van der Waals surface area contributed by atoms with E-state index in [1.165, 1.54) is 0 Å². The van der Waals surface area contributed by atoms with E-state index in [1.54, 1.807) is 21.6 Å². The number of piperidine rings is 1. The minimum atomic E-state index is -0.813. The number of aromatic amines is 1. The molecule has 0 bridgehead atoms. The number of hydrogen-bond acceptors (Lipinski definition) is 3. The number of pyridine rings is 1. The van der Waals surface area contributed by atoms with Crippen molar-refractivity contribution >= 4 is 34.4 Å². The number of H-pyrrole nitrogens is 1. The van der Waals surface area contributed by atoms with Crippen molar-refractivity contribution in [1.29, 1.82) is 0 Å². The van der Waals surface area contributed by atoms with Crippen molar-refractivity contribution in [3.63, 3.8) is 0 Å². The van der Waals surface area contributed by atoms with Crippen molar-refractivity contribution < 1.29 is 14.7 Å². The molecule has 1 aromatic carbocycles. The number of aromatic nitrogens is 2. The Morgan fingerprint density at radius 1 is 1.24 bits per heavy atom. The fraction of sp³-hybridized carbons (Fsp3) is 0.320. The predicted octanol–water partition coefficient (Wildman–Crippen LogP) is 4.47. The molecule has 2 aromatic heterocycles. The topological polar surface area (TPSA) is 95.4 Å². The SMILES string of the molecule is C/C=C/Cn1cc(-c2ccc(C(=O)N3CCC(C(=O)O)CC3)c(Cl)c2)c2cc(C)[nH]c2c1=O. The molecule has 1 saturated heterocycles. The smallest absolute Gasteiger partial charge is 0.306 e. The van der Waals surface area contributed by atoms with Gasteiger partial charge in [0.2, 0.25) is 0 Å². The maximum absolute atomic E-state index is 13.0. The Kier molecular flexibility index (Phi) is 6.42. The summed E-state index contributed by atoms with van der Waals surface area (Å²) in [6.45, 7) is 5.05. The van der Waals surface area contributed by atoms with Crippen LogP contribution in [0, 0.1) is 12.8 Å². The average Bonchev–Trinajstić information content (AvgIpc) is 3.20. The molecule has 0 spiro atoms. The van der Waals surface area contributed by atoms with Gasteiger partial charge in [0, 0.05) is 42.5 Å². The monoisotopic (exact) mass is 467 g/mol. The van der Waals surface area contributed by atoms with E-state index < -0.39 is 11.9 Å². The van der Waals surface area contributed by atoms with Crippen LogP contribution in [0.15, 0.2) is 47.4 Å². The molecule has 4 rings (SSSR count). The van der Waals surface area contributed by atoms with Gasteiger partial charge < -0.3 is 19.6 Å². The van der Waals surface area contributed by atoms with Crippen molar-refractivity contribution in [3.8, 4) is 11.1 Å². The molecule has 0 atom stereocenters. The third-order valence-corrected chi connectivity index (χ3v) is 6.49. The van der Waals surface area contributed by atoms with Gasteiger partial charge >= 0.3 is 5.97 Å². The third kappa shape index (κ3) is 4.46. The van der Waals surface area contributed by atoms with Gasteiger partial charge in [-0.3, -0.25) is 14.4 Å². The van der Waals surface area contributed by atoms with Crippen LogP contribution in [0.5, 0.6) is 0 Å². The lowest BCUT2D eigenvalue weighted by Crippen LogP contribution is -2.40. The van der Waals surface area contributed by atoms with Crippen LogP contribution in [0.25, 0.3) is 22.0 Å². The van der Waals surface area contributed by atoms with Crippen LogP contribution in [0.3, 0.4) is 0 Å². The number of carboxylic acids is 1. The second-order valence-corrected chi connectivity index (χ2v) is 8.82. The summed E-state index contributed by atoms with van der Waals surface area (Å²) in [5.41, 5.74) is 3.36. The summed E-state index contributed by atoms with van der Waals surface area (Å²) >= 11 is 6.55. The minimum absolute atomic E-state index is 0.0948. The predicted molar refractivity (Wildman–Crippen MR) is 129 cm³/mol. The number of carbonyl (C=O) groups excluding carboxylic acids is 1. The third-order valence-electron chi connectivity index (χ3n) is 6.18. The molecule has 0 unspecified atom stereocenters. The minimum Gasteiger partial charge on any atom is -0.481 e. The molecule has 7 nitrogen and oxygen atoms in total. The Balaban J connectivity index is 1.68. The molecule has 33 heavy (non-hydrogen) atoms. The fourth-order valence-electron chi connectivity index (χ4n) is 4.34. The number of allylic oxidation sites excluding steroid dienone is 2. The second kappa shape index (κ2) is 9.27. The molecule has 2 N–H and O–H groups in total. The number of fused-ring (bicyclic) bond motifs is 1. The summed E-state index contributed by atoms with van der Waals surface area (Å²) in [7, 11) is 0. The number of halogens is 1. The Morgan fingerprint density at radius 3 is 2.61 bits per heavy atom. The Bertz CT molecular complexity index is 1310. The summed E-state index contributed by atoms with van der Waals surface area (Å²) < 4.78 is 1.65. The Hall–Kier alpha value is -3.32. The summed E-state index contributed by atoms with van der Waals surface area (Å²) in [5.74, 6) is -1.42. The van der Waals surface area contributed by atoms with Gasteiger partial charge in [-0.2, -0.15) is 0 Å². The number of benzene rings is 1. The molecule has 1 amide bonds. The number of likely N-dealkylation sites (tertiary alicyclic amines) is 1. The first-order valence-corrected chi connectivity index (χ1v) is 11.3. The van der Waals surface area contributed by atoms with Crippen LogP contribution in [0.1, 0.15) is 35.8 Å². The van der Waals surface area contributed by atoms with E-state index in [2.05, 4.69) is 4.98 Å². The first-order valence-electron chi connectivity index (χ1n) is 11.0. The van der Waals surface area contributed by atoms with Gasteiger partial charge in [0.15, 0.2) is 0 Å². The highest BCUT2D eigenvalue weighted by Crippen LogP contribution is 2.32. The number of carboxylic acid groups (broad SMARTS) is 1. The van der Waals surface area contributed by atoms with Crippen molar-refractivity contribution in [2.45, 2.75) is 33.2 Å². The highest BCUT2D eigenvalue weighted by Gasteiger charge is 2.28. The lowest BCUT2D eigenvalue weighted by molar-refractivity contribution is -0.143. The molecule has 3 aromatic rings. The van der Waals surface area contributed by atoms with Crippen LogP contribution < -0.4 is 5.56 Å². The van der Waals surface area contributed by atoms with Crippen LogP contribution in [-0.4, -0.2) is 44.5 Å². The largest absolute Gasteiger partial charge is 0.481 e. The molecular weight excluding hydrogens is 442 g/mol.